The van der Waals surface area contributed by atoms with Crippen LogP contribution in [0, 0.1) is 0 Å². The molecule has 0 unspecified atom stereocenters. The van der Waals surface area contributed by atoms with Gasteiger partial charge in [-0.2, -0.15) is 0 Å². The Morgan fingerprint density at radius 3 is 3.12 bits per heavy atom. The zero-order valence-corrected chi connectivity index (χ0v) is 9.96. The van der Waals surface area contributed by atoms with Gasteiger partial charge in [-0.15, -0.1) is 11.3 Å². The number of rotatable bonds is 5. The summed E-state index contributed by atoms with van der Waals surface area (Å²) < 4.78 is 5.10. The SMILES string of the molecule is COCc1cccc(NCc2nccs2)c1. The smallest absolute Gasteiger partial charge is 0.112 e. The average molecular weight is 234 g/mol. The van der Waals surface area contributed by atoms with Crippen molar-refractivity contribution in [3.8, 4) is 0 Å². The molecule has 1 aromatic heterocycles. The van der Waals surface area contributed by atoms with E-state index in [0.717, 1.165) is 17.2 Å². The summed E-state index contributed by atoms with van der Waals surface area (Å²) in [7, 11) is 1.70. The van der Waals surface area contributed by atoms with Gasteiger partial charge in [-0.1, -0.05) is 12.1 Å². The first-order valence-electron chi connectivity index (χ1n) is 5.08. The van der Waals surface area contributed by atoms with Gasteiger partial charge in [0, 0.05) is 24.4 Å². The Bertz CT molecular complexity index is 428. The van der Waals surface area contributed by atoms with Crippen LogP contribution in [0.25, 0.3) is 0 Å². The quantitative estimate of drug-likeness (QED) is 0.863. The van der Waals surface area contributed by atoms with E-state index in [1.807, 2.05) is 23.7 Å². The molecule has 0 aliphatic rings. The van der Waals surface area contributed by atoms with Crippen molar-refractivity contribution >= 4 is 17.0 Å². The maximum Gasteiger partial charge on any atom is 0.112 e. The summed E-state index contributed by atoms with van der Waals surface area (Å²) in [4.78, 5) is 4.22. The third-order valence-corrected chi connectivity index (χ3v) is 2.94. The van der Waals surface area contributed by atoms with E-state index in [2.05, 4.69) is 22.4 Å². The third-order valence-electron chi connectivity index (χ3n) is 2.17. The van der Waals surface area contributed by atoms with Crippen LogP contribution in [0.15, 0.2) is 35.8 Å². The van der Waals surface area contributed by atoms with Crippen molar-refractivity contribution in [3.63, 3.8) is 0 Å². The fourth-order valence-corrected chi connectivity index (χ4v) is 2.01. The molecule has 0 atom stereocenters. The van der Waals surface area contributed by atoms with Crippen LogP contribution in [0.3, 0.4) is 0 Å². The molecular weight excluding hydrogens is 220 g/mol. The van der Waals surface area contributed by atoms with E-state index in [1.54, 1.807) is 18.4 Å². The van der Waals surface area contributed by atoms with Crippen molar-refractivity contribution in [1.82, 2.24) is 4.98 Å². The molecule has 84 valence electrons. The Hall–Kier alpha value is -1.39. The van der Waals surface area contributed by atoms with Crippen molar-refractivity contribution in [3.05, 3.63) is 46.4 Å². The van der Waals surface area contributed by atoms with Gasteiger partial charge in [0.15, 0.2) is 0 Å². The van der Waals surface area contributed by atoms with Crippen LogP contribution in [-0.4, -0.2) is 12.1 Å². The fourth-order valence-electron chi connectivity index (χ4n) is 1.46. The maximum atomic E-state index is 5.10. The first kappa shape index (κ1) is 11.1. The minimum absolute atomic E-state index is 0.646. The minimum Gasteiger partial charge on any atom is -0.380 e. The number of nitrogens with one attached hydrogen (secondary N) is 1. The molecule has 0 saturated heterocycles. The predicted octanol–water partition coefficient (Wildman–Crippen LogP) is 2.90. The number of nitrogens with zero attached hydrogens (tertiary/aromatic N) is 1. The molecule has 0 aliphatic carbocycles. The lowest BCUT2D eigenvalue weighted by Gasteiger charge is -2.06. The highest BCUT2D eigenvalue weighted by Gasteiger charge is 1.97. The molecule has 1 heterocycles. The summed E-state index contributed by atoms with van der Waals surface area (Å²) in [6.45, 7) is 1.42. The van der Waals surface area contributed by atoms with Gasteiger partial charge in [0.1, 0.15) is 5.01 Å². The number of ether oxygens (including phenoxy) is 1. The number of methoxy groups -OCH3 is 1. The monoisotopic (exact) mass is 234 g/mol. The summed E-state index contributed by atoms with van der Waals surface area (Å²) in [6.07, 6.45) is 1.82. The van der Waals surface area contributed by atoms with Crippen LogP contribution in [0.5, 0.6) is 0 Å². The van der Waals surface area contributed by atoms with Crippen LogP contribution in [0.1, 0.15) is 10.6 Å². The zero-order valence-electron chi connectivity index (χ0n) is 9.14. The molecule has 4 heteroatoms. The zero-order chi connectivity index (χ0) is 11.2. The molecule has 0 fully saturated rings. The number of aromatic nitrogens is 1. The Kier molecular flexibility index (Phi) is 3.91. The van der Waals surface area contributed by atoms with Gasteiger partial charge in [-0.3, -0.25) is 0 Å². The van der Waals surface area contributed by atoms with E-state index in [4.69, 9.17) is 4.74 Å². The molecule has 1 N–H and O–H groups in total. The molecule has 2 rings (SSSR count). The van der Waals surface area contributed by atoms with Gasteiger partial charge in [0.05, 0.1) is 13.2 Å². The lowest BCUT2D eigenvalue weighted by Crippen LogP contribution is -1.99. The molecule has 0 bridgehead atoms. The van der Waals surface area contributed by atoms with Gasteiger partial charge in [0.25, 0.3) is 0 Å². The highest BCUT2D eigenvalue weighted by Crippen LogP contribution is 2.13. The third kappa shape index (κ3) is 3.05. The molecule has 0 aliphatic heterocycles. The van der Waals surface area contributed by atoms with Crippen molar-refractivity contribution in [1.29, 1.82) is 0 Å². The Labute approximate surface area is 99.1 Å². The second-order valence-electron chi connectivity index (χ2n) is 3.41. The summed E-state index contributed by atoms with van der Waals surface area (Å²) in [5.41, 5.74) is 2.27. The Balaban J connectivity index is 1.96. The molecule has 1 aromatic carbocycles. The highest BCUT2D eigenvalue weighted by atomic mass is 32.1. The van der Waals surface area contributed by atoms with Crippen LogP contribution >= 0.6 is 11.3 Å². The van der Waals surface area contributed by atoms with Crippen molar-refractivity contribution in [2.24, 2.45) is 0 Å². The van der Waals surface area contributed by atoms with E-state index in [0.29, 0.717) is 6.61 Å². The fraction of sp³-hybridized carbons (Fsp3) is 0.250. The molecule has 3 nitrogen and oxygen atoms in total. The van der Waals surface area contributed by atoms with Crippen LogP contribution in [0.4, 0.5) is 5.69 Å². The predicted molar refractivity (Wildman–Crippen MR) is 66.6 cm³/mol. The lowest BCUT2D eigenvalue weighted by atomic mass is 10.2. The van der Waals surface area contributed by atoms with Gasteiger partial charge >= 0.3 is 0 Å². The highest BCUT2D eigenvalue weighted by molar-refractivity contribution is 7.09. The number of benzene rings is 1. The van der Waals surface area contributed by atoms with E-state index >= 15 is 0 Å². The van der Waals surface area contributed by atoms with E-state index in [-0.39, 0.29) is 0 Å². The molecule has 0 amide bonds. The number of hydrogen-bond donors (Lipinski definition) is 1. The molecule has 2 aromatic rings. The topological polar surface area (TPSA) is 34.1 Å². The van der Waals surface area contributed by atoms with Crippen LogP contribution < -0.4 is 5.32 Å². The van der Waals surface area contributed by atoms with E-state index in [1.165, 1.54) is 5.56 Å². The second-order valence-corrected chi connectivity index (χ2v) is 4.39. The van der Waals surface area contributed by atoms with Crippen LogP contribution in [-0.2, 0) is 17.9 Å². The summed E-state index contributed by atoms with van der Waals surface area (Å²) >= 11 is 1.66. The van der Waals surface area contributed by atoms with E-state index < -0.39 is 0 Å². The summed E-state index contributed by atoms with van der Waals surface area (Å²) in [5, 5.41) is 6.42. The first-order valence-corrected chi connectivity index (χ1v) is 5.96. The number of hydrogen-bond acceptors (Lipinski definition) is 4. The second kappa shape index (κ2) is 5.63. The van der Waals surface area contributed by atoms with Crippen molar-refractivity contribution in [2.45, 2.75) is 13.2 Å². The minimum atomic E-state index is 0.646. The van der Waals surface area contributed by atoms with Crippen molar-refractivity contribution in [2.75, 3.05) is 12.4 Å². The molecular formula is C12H14N2OS. The number of anilines is 1. The van der Waals surface area contributed by atoms with Crippen LogP contribution in [0.2, 0.25) is 0 Å². The lowest BCUT2D eigenvalue weighted by molar-refractivity contribution is 0.185. The average Bonchev–Trinajstić information content (AvgIpc) is 2.80. The van der Waals surface area contributed by atoms with E-state index in [9.17, 15) is 0 Å². The largest absolute Gasteiger partial charge is 0.380 e. The van der Waals surface area contributed by atoms with Gasteiger partial charge in [-0.25, -0.2) is 4.98 Å². The Morgan fingerprint density at radius 2 is 2.38 bits per heavy atom. The Morgan fingerprint density at radius 1 is 1.44 bits per heavy atom. The standard InChI is InChI=1S/C12H14N2OS/c1-15-9-10-3-2-4-11(7-10)14-8-12-13-5-6-16-12/h2-7,14H,8-9H2,1H3. The molecule has 16 heavy (non-hydrogen) atoms. The van der Waals surface area contributed by atoms with Gasteiger partial charge in [0.2, 0.25) is 0 Å². The molecule has 0 saturated carbocycles. The number of thiazole rings is 1. The normalized spacial score (nSPS) is 10.3. The van der Waals surface area contributed by atoms with Gasteiger partial charge in [-0.05, 0) is 17.7 Å². The summed E-state index contributed by atoms with van der Waals surface area (Å²) in [5.74, 6) is 0. The maximum absolute atomic E-state index is 5.10. The van der Waals surface area contributed by atoms with Crippen molar-refractivity contribution < 1.29 is 4.74 Å². The van der Waals surface area contributed by atoms with Gasteiger partial charge < -0.3 is 10.1 Å². The summed E-state index contributed by atoms with van der Waals surface area (Å²) in [6, 6.07) is 8.22. The molecule has 0 spiro atoms. The molecule has 0 radical (unpaired) electrons. The first-order chi connectivity index (χ1) is 7.88.